The van der Waals surface area contributed by atoms with Crippen molar-refractivity contribution in [3.05, 3.63) is 40.9 Å². The Bertz CT molecular complexity index is 349. The first-order valence-electron chi connectivity index (χ1n) is 4.83. The van der Waals surface area contributed by atoms with Crippen LogP contribution in [0.2, 0.25) is 5.02 Å². The number of nitrogens with one attached hydrogen (secondary N) is 1. The number of rotatable bonds is 5. The average Bonchev–Trinajstić information content (AvgIpc) is 2.17. The second-order valence-corrected chi connectivity index (χ2v) is 3.91. The predicted octanol–water partition coefficient (Wildman–Crippen LogP) is 2.80. The first-order valence-corrected chi connectivity index (χ1v) is 5.21. The van der Waals surface area contributed by atoms with Crippen LogP contribution in [0, 0.1) is 6.92 Å². The largest absolute Gasteiger partial charge is 0.488 e. The molecular formula is C12H16ClNO. The third-order valence-corrected chi connectivity index (χ3v) is 2.24. The van der Waals surface area contributed by atoms with Crippen LogP contribution in [0.4, 0.5) is 0 Å². The summed E-state index contributed by atoms with van der Waals surface area (Å²) < 4.78 is 5.53. The smallest absolute Gasteiger partial charge is 0.138 e. The number of benzene rings is 1. The number of hydrogen-bond acceptors (Lipinski definition) is 2. The molecule has 0 radical (unpaired) electrons. The van der Waals surface area contributed by atoms with Gasteiger partial charge in [-0.3, -0.25) is 0 Å². The molecule has 0 atom stereocenters. The summed E-state index contributed by atoms with van der Waals surface area (Å²) >= 11 is 6.02. The molecule has 1 aromatic rings. The molecule has 0 fully saturated rings. The maximum Gasteiger partial charge on any atom is 0.138 e. The quantitative estimate of drug-likeness (QED) is 0.779. The van der Waals surface area contributed by atoms with Crippen LogP contribution in [0.15, 0.2) is 30.4 Å². The molecule has 0 amide bonds. The molecule has 0 bridgehead atoms. The highest BCUT2D eigenvalue weighted by molar-refractivity contribution is 6.32. The molecule has 0 aliphatic heterocycles. The zero-order chi connectivity index (χ0) is 11.3. The molecule has 1 N–H and O–H groups in total. The zero-order valence-electron chi connectivity index (χ0n) is 9.14. The van der Waals surface area contributed by atoms with Crippen LogP contribution in [0.1, 0.15) is 5.56 Å². The molecule has 0 heterocycles. The number of halogens is 1. The fourth-order valence-electron chi connectivity index (χ4n) is 1.20. The monoisotopic (exact) mass is 225 g/mol. The van der Waals surface area contributed by atoms with E-state index in [4.69, 9.17) is 16.3 Å². The van der Waals surface area contributed by atoms with Gasteiger partial charge < -0.3 is 10.1 Å². The molecule has 0 saturated carbocycles. The van der Waals surface area contributed by atoms with E-state index in [1.165, 1.54) is 0 Å². The first-order chi connectivity index (χ1) is 7.13. The summed E-state index contributed by atoms with van der Waals surface area (Å²) in [7, 11) is 1.88. The van der Waals surface area contributed by atoms with E-state index >= 15 is 0 Å². The summed E-state index contributed by atoms with van der Waals surface area (Å²) in [5.41, 5.74) is 2.12. The standard InChI is InChI=1S/C12H16ClNO/c1-9-4-5-12(11(13)6-9)15-8-10(2)7-14-3/h4-6,14H,2,7-8H2,1,3H3. The van der Waals surface area contributed by atoms with Crippen LogP contribution in [-0.4, -0.2) is 20.2 Å². The minimum atomic E-state index is 0.490. The zero-order valence-corrected chi connectivity index (χ0v) is 9.90. The van der Waals surface area contributed by atoms with Crippen molar-refractivity contribution in [2.24, 2.45) is 0 Å². The lowest BCUT2D eigenvalue weighted by atomic mass is 10.2. The summed E-state index contributed by atoms with van der Waals surface area (Å²) in [6, 6.07) is 5.74. The second-order valence-electron chi connectivity index (χ2n) is 3.50. The van der Waals surface area contributed by atoms with Crippen molar-refractivity contribution in [1.29, 1.82) is 0 Å². The Kier molecular flexibility index (Phi) is 4.66. The Labute approximate surface area is 95.9 Å². The average molecular weight is 226 g/mol. The van der Waals surface area contributed by atoms with Crippen molar-refractivity contribution in [2.75, 3.05) is 20.2 Å². The summed E-state index contributed by atoms with van der Waals surface area (Å²) in [5.74, 6) is 0.708. The van der Waals surface area contributed by atoms with Gasteiger partial charge in [-0.05, 0) is 37.2 Å². The van der Waals surface area contributed by atoms with Crippen LogP contribution < -0.4 is 10.1 Å². The van der Waals surface area contributed by atoms with Gasteiger partial charge in [0.1, 0.15) is 12.4 Å². The minimum Gasteiger partial charge on any atom is -0.488 e. The van der Waals surface area contributed by atoms with Crippen molar-refractivity contribution in [3.8, 4) is 5.75 Å². The van der Waals surface area contributed by atoms with E-state index in [0.717, 1.165) is 17.7 Å². The van der Waals surface area contributed by atoms with Crippen LogP contribution in [0.5, 0.6) is 5.75 Å². The normalized spacial score (nSPS) is 10.1. The van der Waals surface area contributed by atoms with Gasteiger partial charge in [0.15, 0.2) is 0 Å². The molecular weight excluding hydrogens is 210 g/mol. The maximum atomic E-state index is 6.02. The number of ether oxygens (including phenoxy) is 1. The highest BCUT2D eigenvalue weighted by Gasteiger charge is 2.02. The van der Waals surface area contributed by atoms with Crippen molar-refractivity contribution in [3.63, 3.8) is 0 Å². The Morgan fingerprint density at radius 2 is 2.27 bits per heavy atom. The van der Waals surface area contributed by atoms with Gasteiger partial charge in [0.2, 0.25) is 0 Å². The molecule has 0 aliphatic rings. The molecule has 1 rings (SSSR count). The predicted molar refractivity (Wildman–Crippen MR) is 64.8 cm³/mol. The van der Waals surface area contributed by atoms with Crippen molar-refractivity contribution in [1.82, 2.24) is 5.32 Å². The van der Waals surface area contributed by atoms with Crippen molar-refractivity contribution < 1.29 is 4.74 Å². The third kappa shape index (κ3) is 3.94. The summed E-state index contributed by atoms with van der Waals surface area (Å²) in [4.78, 5) is 0. The molecule has 1 aromatic carbocycles. The van der Waals surface area contributed by atoms with E-state index in [2.05, 4.69) is 11.9 Å². The Morgan fingerprint density at radius 1 is 1.53 bits per heavy atom. The van der Waals surface area contributed by atoms with Gasteiger partial charge in [-0.2, -0.15) is 0 Å². The molecule has 0 aromatic heterocycles. The molecule has 0 aliphatic carbocycles. The minimum absolute atomic E-state index is 0.490. The Hall–Kier alpha value is -0.990. The van der Waals surface area contributed by atoms with Gasteiger partial charge >= 0.3 is 0 Å². The lowest BCUT2D eigenvalue weighted by Crippen LogP contribution is -2.14. The molecule has 82 valence electrons. The molecule has 0 spiro atoms. The van der Waals surface area contributed by atoms with Crippen LogP contribution in [-0.2, 0) is 0 Å². The van der Waals surface area contributed by atoms with Gasteiger partial charge in [-0.1, -0.05) is 24.2 Å². The van der Waals surface area contributed by atoms with E-state index in [-0.39, 0.29) is 0 Å². The van der Waals surface area contributed by atoms with Crippen LogP contribution in [0.25, 0.3) is 0 Å². The SMILES string of the molecule is C=C(CNC)COc1ccc(C)cc1Cl. The lowest BCUT2D eigenvalue weighted by molar-refractivity contribution is 0.349. The van der Waals surface area contributed by atoms with Crippen molar-refractivity contribution >= 4 is 11.6 Å². The highest BCUT2D eigenvalue weighted by Crippen LogP contribution is 2.25. The third-order valence-electron chi connectivity index (χ3n) is 1.95. The number of hydrogen-bond donors (Lipinski definition) is 1. The molecule has 0 unspecified atom stereocenters. The number of aryl methyl sites for hydroxylation is 1. The van der Waals surface area contributed by atoms with Crippen LogP contribution >= 0.6 is 11.6 Å². The van der Waals surface area contributed by atoms with E-state index in [1.807, 2.05) is 32.2 Å². The molecule has 15 heavy (non-hydrogen) atoms. The fraction of sp³-hybridized carbons (Fsp3) is 0.333. The Balaban J connectivity index is 2.54. The molecule has 3 heteroatoms. The first kappa shape index (κ1) is 12.1. The molecule has 2 nitrogen and oxygen atoms in total. The number of likely N-dealkylation sites (N-methyl/N-ethyl adjacent to an activating group) is 1. The maximum absolute atomic E-state index is 6.02. The van der Waals surface area contributed by atoms with Gasteiger partial charge in [0.05, 0.1) is 5.02 Å². The van der Waals surface area contributed by atoms with Gasteiger partial charge in [0.25, 0.3) is 0 Å². The van der Waals surface area contributed by atoms with E-state index < -0.39 is 0 Å². The van der Waals surface area contributed by atoms with Gasteiger partial charge in [0, 0.05) is 6.54 Å². The molecule has 0 saturated heterocycles. The van der Waals surface area contributed by atoms with Gasteiger partial charge in [-0.15, -0.1) is 0 Å². The van der Waals surface area contributed by atoms with E-state index in [1.54, 1.807) is 0 Å². The van der Waals surface area contributed by atoms with E-state index in [9.17, 15) is 0 Å². The topological polar surface area (TPSA) is 21.3 Å². The summed E-state index contributed by atoms with van der Waals surface area (Å²) in [6.45, 7) is 7.11. The fourth-order valence-corrected chi connectivity index (χ4v) is 1.49. The van der Waals surface area contributed by atoms with Crippen molar-refractivity contribution in [2.45, 2.75) is 6.92 Å². The second kappa shape index (κ2) is 5.79. The lowest BCUT2D eigenvalue weighted by Gasteiger charge is -2.10. The van der Waals surface area contributed by atoms with Gasteiger partial charge in [-0.25, -0.2) is 0 Å². The summed E-state index contributed by atoms with van der Waals surface area (Å²) in [5, 5.41) is 3.66. The summed E-state index contributed by atoms with van der Waals surface area (Å²) in [6.07, 6.45) is 0. The van der Waals surface area contributed by atoms with Crippen LogP contribution in [0.3, 0.4) is 0 Å². The Morgan fingerprint density at radius 3 is 2.87 bits per heavy atom. The highest BCUT2D eigenvalue weighted by atomic mass is 35.5. The van der Waals surface area contributed by atoms with E-state index in [0.29, 0.717) is 17.4 Å².